The third-order valence-electron chi connectivity index (χ3n) is 3.94. The summed E-state index contributed by atoms with van der Waals surface area (Å²) in [5.41, 5.74) is 5.76. The highest BCUT2D eigenvalue weighted by molar-refractivity contribution is 7.80. The zero-order chi connectivity index (χ0) is 12.3. The lowest BCUT2D eigenvalue weighted by Gasteiger charge is -2.38. The number of nitrogens with two attached hydrogens (primary N) is 1. The van der Waals surface area contributed by atoms with E-state index in [1.165, 1.54) is 19.4 Å². The molecule has 0 saturated carbocycles. The van der Waals surface area contributed by atoms with Crippen LogP contribution in [0.2, 0.25) is 0 Å². The molecule has 2 N–H and O–H groups in total. The minimum Gasteiger partial charge on any atom is -0.393 e. The highest BCUT2D eigenvalue weighted by atomic mass is 32.1. The maximum atomic E-state index is 5.76. The number of hydrogen-bond donors (Lipinski definition) is 1. The van der Waals surface area contributed by atoms with Crippen LogP contribution in [-0.4, -0.2) is 29.0 Å². The summed E-state index contributed by atoms with van der Waals surface area (Å²) in [5.74, 6) is 0.837. The van der Waals surface area contributed by atoms with Gasteiger partial charge in [-0.1, -0.05) is 33.0 Å². The number of piperidine rings is 1. The van der Waals surface area contributed by atoms with Gasteiger partial charge in [0.1, 0.15) is 0 Å². The largest absolute Gasteiger partial charge is 0.393 e. The monoisotopic (exact) mass is 242 g/mol. The van der Waals surface area contributed by atoms with Gasteiger partial charge in [-0.25, -0.2) is 0 Å². The van der Waals surface area contributed by atoms with Crippen molar-refractivity contribution in [2.24, 2.45) is 17.1 Å². The van der Waals surface area contributed by atoms with Gasteiger partial charge >= 0.3 is 0 Å². The zero-order valence-electron chi connectivity index (χ0n) is 11.1. The molecule has 0 bridgehead atoms. The molecule has 2 nitrogen and oxygen atoms in total. The standard InChI is InChI=1S/C13H26N2S/c1-10-5-6-11(2)15(9-10)8-7-13(3,4)12(14)16/h10-11H,5-9H2,1-4H3,(H2,14,16). The third-order valence-corrected chi connectivity index (χ3v) is 4.49. The highest BCUT2D eigenvalue weighted by Gasteiger charge is 2.26. The lowest BCUT2D eigenvalue weighted by molar-refractivity contribution is 0.115. The normalized spacial score (nSPS) is 28.0. The van der Waals surface area contributed by atoms with E-state index in [0.717, 1.165) is 24.9 Å². The van der Waals surface area contributed by atoms with Crippen LogP contribution in [0.1, 0.15) is 47.0 Å². The molecule has 1 aliphatic rings. The maximum absolute atomic E-state index is 5.76. The Bertz CT molecular complexity index is 250. The molecule has 1 saturated heterocycles. The Morgan fingerprint density at radius 2 is 2.00 bits per heavy atom. The highest BCUT2D eigenvalue weighted by Crippen LogP contribution is 2.25. The van der Waals surface area contributed by atoms with Crippen molar-refractivity contribution in [2.45, 2.75) is 53.0 Å². The van der Waals surface area contributed by atoms with Crippen molar-refractivity contribution < 1.29 is 0 Å². The van der Waals surface area contributed by atoms with E-state index in [-0.39, 0.29) is 5.41 Å². The molecule has 2 atom stereocenters. The van der Waals surface area contributed by atoms with Crippen molar-refractivity contribution in [3.63, 3.8) is 0 Å². The average Bonchev–Trinajstić information content (AvgIpc) is 2.19. The summed E-state index contributed by atoms with van der Waals surface area (Å²) in [6.07, 6.45) is 3.77. The van der Waals surface area contributed by atoms with E-state index in [0.29, 0.717) is 4.99 Å². The van der Waals surface area contributed by atoms with Crippen LogP contribution in [0, 0.1) is 11.3 Å². The zero-order valence-corrected chi connectivity index (χ0v) is 11.9. The van der Waals surface area contributed by atoms with Crippen molar-refractivity contribution in [3.05, 3.63) is 0 Å². The molecular weight excluding hydrogens is 216 g/mol. The number of likely N-dealkylation sites (tertiary alicyclic amines) is 1. The number of thiocarbonyl (C=S) groups is 1. The van der Waals surface area contributed by atoms with E-state index in [9.17, 15) is 0 Å². The molecule has 0 radical (unpaired) electrons. The molecule has 1 fully saturated rings. The van der Waals surface area contributed by atoms with Gasteiger partial charge in [0.2, 0.25) is 0 Å². The first-order chi connectivity index (χ1) is 7.33. The molecule has 94 valence electrons. The van der Waals surface area contributed by atoms with Crippen molar-refractivity contribution in [2.75, 3.05) is 13.1 Å². The summed E-state index contributed by atoms with van der Waals surface area (Å²) >= 11 is 5.11. The second-order valence-electron chi connectivity index (χ2n) is 6.02. The number of rotatable bonds is 4. The van der Waals surface area contributed by atoms with Gasteiger partial charge in [-0.2, -0.15) is 0 Å². The first-order valence-corrected chi connectivity index (χ1v) is 6.77. The minimum absolute atomic E-state index is 0.00423. The van der Waals surface area contributed by atoms with Gasteiger partial charge in [0, 0.05) is 18.0 Å². The van der Waals surface area contributed by atoms with Crippen molar-refractivity contribution >= 4 is 17.2 Å². The van der Waals surface area contributed by atoms with Crippen LogP contribution in [0.4, 0.5) is 0 Å². The first-order valence-electron chi connectivity index (χ1n) is 6.37. The molecule has 0 aromatic rings. The molecule has 0 aromatic carbocycles. The molecule has 3 heteroatoms. The minimum atomic E-state index is -0.00423. The number of nitrogens with zero attached hydrogens (tertiary/aromatic N) is 1. The Labute approximate surface area is 106 Å². The summed E-state index contributed by atoms with van der Waals surface area (Å²) in [6.45, 7) is 11.3. The third kappa shape index (κ3) is 3.70. The Balaban J connectivity index is 2.44. The molecule has 0 spiro atoms. The van der Waals surface area contributed by atoms with Gasteiger partial charge < -0.3 is 10.6 Å². The molecular formula is C13H26N2S. The second-order valence-corrected chi connectivity index (χ2v) is 6.46. The second kappa shape index (κ2) is 5.46. The van der Waals surface area contributed by atoms with E-state index in [1.807, 2.05) is 0 Å². The fourth-order valence-electron chi connectivity index (χ4n) is 2.24. The SMILES string of the molecule is CC1CCC(C)N(CCC(C)(C)C(N)=S)C1. The summed E-state index contributed by atoms with van der Waals surface area (Å²) in [5, 5.41) is 0. The van der Waals surface area contributed by atoms with Crippen LogP contribution < -0.4 is 5.73 Å². The van der Waals surface area contributed by atoms with Crippen LogP contribution >= 0.6 is 12.2 Å². The summed E-state index contributed by atoms with van der Waals surface area (Å²) in [7, 11) is 0. The average molecular weight is 242 g/mol. The van der Waals surface area contributed by atoms with Gasteiger partial charge in [-0.05, 0) is 38.6 Å². The molecule has 0 amide bonds. The van der Waals surface area contributed by atoms with Gasteiger partial charge in [-0.15, -0.1) is 0 Å². The Hall–Kier alpha value is -0.150. The molecule has 1 heterocycles. The molecule has 16 heavy (non-hydrogen) atoms. The molecule has 0 aromatic heterocycles. The van der Waals surface area contributed by atoms with Crippen molar-refractivity contribution in [1.29, 1.82) is 0 Å². The van der Waals surface area contributed by atoms with Crippen molar-refractivity contribution in [3.8, 4) is 0 Å². The van der Waals surface area contributed by atoms with E-state index < -0.39 is 0 Å². The van der Waals surface area contributed by atoms with Gasteiger partial charge in [-0.3, -0.25) is 0 Å². The molecule has 1 rings (SSSR count). The van der Waals surface area contributed by atoms with Crippen LogP contribution in [0.25, 0.3) is 0 Å². The van der Waals surface area contributed by atoms with E-state index in [4.69, 9.17) is 18.0 Å². The lowest BCUT2D eigenvalue weighted by Crippen LogP contribution is -2.43. The summed E-state index contributed by atoms with van der Waals surface area (Å²) in [6, 6.07) is 0.721. The molecule has 0 aliphatic carbocycles. The van der Waals surface area contributed by atoms with Gasteiger partial charge in [0.25, 0.3) is 0 Å². The van der Waals surface area contributed by atoms with Crippen LogP contribution in [-0.2, 0) is 0 Å². The van der Waals surface area contributed by atoms with Gasteiger partial charge in [0.15, 0.2) is 0 Å². The predicted octanol–water partition coefficient (Wildman–Crippen LogP) is 2.81. The van der Waals surface area contributed by atoms with Crippen LogP contribution in [0.5, 0.6) is 0 Å². The summed E-state index contributed by atoms with van der Waals surface area (Å²) in [4.78, 5) is 3.24. The fraction of sp³-hybridized carbons (Fsp3) is 0.923. The van der Waals surface area contributed by atoms with E-state index in [1.54, 1.807) is 0 Å². The number of hydrogen-bond acceptors (Lipinski definition) is 2. The first kappa shape index (κ1) is 13.9. The van der Waals surface area contributed by atoms with Crippen LogP contribution in [0.3, 0.4) is 0 Å². The van der Waals surface area contributed by atoms with Crippen molar-refractivity contribution in [1.82, 2.24) is 4.90 Å². The quantitative estimate of drug-likeness (QED) is 0.769. The Morgan fingerprint density at radius 1 is 1.38 bits per heavy atom. The maximum Gasteiger partial charge on any atom is 0.0784 e. The van der Waals surface area contributed by atoms with E-state index in [2.05, 4.69) is 32.6 Å². The molecule has 2 unspecified atom stereocenters. The van der Waals surface area contributed by atoms with Gasteiger partial charge in [0.05, 0.1) is 4.99 Å². The smallest absolute Gasteiger partial charge is 0.0784 e. The Morgan fingerprint density at radius 3 is 2.56 bits per heavy atom. The Kier molecular flexibility index (Phi) is 4.74. The van der Waals surface area contributed by atoms with E-state index >= 15 is 0 Å². The summed E-state index contributed by atoms with van der Waals surface area (Å²) < 4.78 is 0. The topological polar surface area (TPSA) is 29.3 Å². The lowest BCUT2D eigenvalue weighted by atomic mass is 9.87. The fourth-order valence-corrected chi connectivity index (χ4v) is 2.34. The van der Waals surface area contributed by atoms with Crippen LogP contribution in [0.15, 0.2) is 0 Å². The predicted molar refractivity (Wildman–Crippen MR) is 74.6 cm³/mol. The molecule has 1 aliphatic heterocycles.